The number of rotatable bonds is 4. The van der Waals surface area contributed by atoms with Gasteiger partial charge in [-0.1, -0.05) is 23.7 Å². The van der Waals surface area contributed by atoms with Crippen LogP contribution >= 0.6 is 11.6 Å². The first-order valence-electron chi connectivity index (χ1n) is 7.68. The lowest BCUT2D eigenvalue weighted by molar-refractivity contribution is -0.125. The molecule has 0 aliphatic carbocycles. The van der Waals surface area contributed by atoms with Gasteiger partial charge in [0.15, 0.2) is 6.61 Å². The molecule has 2 aromatic carbocycles. The van der Waals surface area contributed by atoms with Crippen LogP contribution in [0.2, 0.25) is 5.02 Å². The highest BCUT2D eigenvalue weighted by molar-refractivity contribution is 6.31. The van der Waals surface area contributed by atoms with Gasteiger partial charge in [-0.2, -0.15) is 0 Å². The molecule has 7 heteroatoms. The van der Waals surface area contributed by atoms with Crippen molar-refractivity contribution in [3.63, 3.8) is 0 Å². The molecular formula is C18H16ClFN2O3. The Morgan fingerprint density at radius 2 is 2.12 bits per heavy atom. The quantitative estimate of drug-likeness (QED) is 0.909. The van der Waals surface area contributed by atoms with Crippen molar-refractivity contribution in [2.45, 2.75) is 13.5 Å². The SMILES string of the molecule is Cc1cc(CNC(=O)CN2C(=O)COc3ccc(Cl)cc32)ccc1F. The van der Waals surface area contributed by atoms with E-state index in [-0.39, 0.29) is 37.3 Å². The Balaban J connectivity index is 1.67. The highest BCUT2D eigenvalue weighted by Crippen LogP contribution is 2.34. The van der Waals surface area contributed by atoms with Crippen molar-refractivity contribution in [3.8, 4) is 5.75 Å². The molecule has 0 atom stereocenters. The predicted molar refractivity (Wildman–Crippen MR) is 92.3 cm³/mol. The summed E-state index contributed by atoms with van der Waals surface area (Å²) in [6, 6.07) is 9.55. The number of hydrogen-bond donors (Lipinski definition) is 1. The molecule has 130 valence electrons. The third kappa shape index (κ3) is 3.91. The second-order valence-electron chi connectivity index (χ2n) is 5.74. The molecule has 0 saturated carbocycles. The Labute approximate surface area is 149 Å². The van der Waals surface area contributed by atoms with Gasteiger partial charge < -0.3 is 10.1 Å². The molecule has 5 nitrogen and oxygen atoms in total. The Kier molecular flexibility index (Phi) is 4.90. The van der Waals surface area contributed by atoms with E-state index in [0.29, 0.717) is 22.0 Å². The van der Waals surface area contributed by atoms with Gasteiger partial charge >= 0.3 is 0 Å². The number of halogens is 2. The summed E-state index contributed by atoms with van der Waals surface area (Å²) < 4.78 is 18.6. The van der Waals surface area contributed by atoms with Crippen LogP contribution in [0, 0.1) is 12.7 Å². The monoisotopic (exact) mass is 362 g/mol. The van der Waals surface area contributed by atoms with Crippen LogP contribution in [-0.2, 0) is 16.1 Å². The first kappa shape index (κ1) is 17.2. The Bertz CT molecular complexity index is 841. The molecule has 0 fully saturated rings. The van der Waals surface area contributed by atoms with Crippen molar-refractivity contribution in [1.29, 1.82) is 0 Å². The summed E-state index contributed by atoms with van der Waals surface area (Å²) in [5.74, 6) is -0.431. The molecule has 0 unspecified atom stereocenters. The first-order valence-corrected chi connectivity index (χ1v) is 8.06. The van der Waals surface area contributed by atoms with Gasteiger partial charge in [0.25, 0.3) is 5.91 Å². The Morgan fingerprint density at radius 1 is 1.32 bits per heavy atom. The topological polar surface area (TPSA) is 58.6 Å². The van der Waals surface area contributed by atoms with Crippen LogP contribution in [0.25, 0.3) is 0 Å². The number of anilines is 1. The van der Waals surface area contributed by atoms with Gasteiger partial charge in [0.2, 0.25) is 5.91 Å². The summed E-state index contributed by atoms with van der Waals surface area (Å²) in [6.45, 7) is 1.64. The second kappa shape index (κ2) is 7.11. The summed E-state index contributed by atoms with van der Waals surface area (Å²) in [5, 5.41) is 3.18. The molecule has 0 radical (unpaired) electrons. The maximum Gasteiger partial charge on any atom is 0.265 e. The molecule has 1 aliphatic rings. The average Bonchev–Trinajstić information content (AvgIpc) is 2.58. The van der Waals surface area contributed by atoms with Crippen molar-refractivity contribution in [2.75, 3.05) is 18.1 Å². The van der Waals surface area contributed by atoms with E-state index in [1.165, 1.54) is 11.0 Å². The van der Waals surface area contributed by atoms with E-state index < -0.39 is 0 Å². The van der Waals surface area contributed by atoms with E-state index in [0.717, 1.165) is 5.56 Å². The maximum absolute atomic E-state index is 13.3. The lowest BCUT2D eigenvalue weighted by Crippen LogP contribution is -2.45. The standard InChI is InChI=1S/C18H16ClFN2O3/c1-11-6-12(2-4-14(11)20)8-21-17(23)9-22-15-7-13(19)3-5-16(15)25-10-18(22)24/h2-7H,8-10H2,1H3,(H,21,23). The maximum atomic E-state index is 13.3. The molecule has 0 bridgehead atoms. The van der Waals surface area contributed by atoms with E-state index in [9.17, 15) is 14.0 Å². The minimum atomic E-state index is -0.330. The molecule has 2 amide bonds. The predicted octanol–water partition coefficient (Wildman–Crippen LogP) is 2.83. The van der Waals surface area contributed by atoms with E-state index in [1.54, 1.807) is 37.3 Å². The number of nitrogens with zero attached hydrogens (tertiary/aromatic N) is 1. The minimum absolute atomic E-state index is 0.126. The second-order valence-corrected chi connectivity index (χ2v) is 6.18. The lowest BCUT2D eigenvalue weighted by Gasteiger charge is -2.29. The molecule has 25 heavy (non-hydrogen) atoms. The molecule has 0 spiro atoms. The van der Waals surface area contributed by atoms with Crippen LogP contribution in [-0.4, -0.2) is 25.0 Å². The molecule has 0 aromatic heterocycles. The fourth-order valence-corrected chi connectivity index (χ4v) is 2.73. The fourth-order valence-electron chi connectivity index (χ4n) is 2.57. The van der Waals surface area contributed by atoms with Gasteiger partial charge in [0.05, 0.1) is 5.69 Å². The zero-order valence-electron chi connectivity index (χ0n) is 13.5. The van der Waals surface area contributed by atoms with Gasteiger partial charge in [0.1, 0.15) is 18.1 Å². The zero-order chi connectivity index (χ0) is 18.0. The summed E-state index contributed by atoms with van der Waals surface area (Å²) >= 11 is 5.97. The van der Waals surface area contributed by atoms with Gasteiger partial charge in [-0.3, -0.25) is 14.5 Å². The van der Waals surface area contributed by atoms with E-state index in [4.69, 9.17) is 16.3 Å². The number of amides is 2. The number of carbonyl (C=O) groups excluding carboxylic acids is 2. The third-order valence-corrected chi connectivity index (χ3v) is 4.11. The normalized spacial score (nSPS) is 13.2. The summed E-state index contributed by atoms with van der Waals surface area (Å²) in [5.41, 5.74) is 1.76. The number of hydrogen-bond acceptors (Lipinski definition) is 3. The molecule has 1 heterocycles. The number of carbonyl (C=O) groups is 2. The number of ether oxygens (including phenoxy) is 1. The van der Waals surface area contributed by atoms with Crippen LogP contribution in [0.3, 0.4) is 0 Å². The summed E-state index contributed by atoms with van der Waals surface area (Å²) in [7, 11) is 0. The Morgan fingerprint density at radius 3 is 2.88 bits per heavy atom. The highest BCUT2D eigenvalue weighted by atomic mass is 35.5. The minimum Gasteiger partial charge on any atom is -0.482 e. The number of fused-ring (bicyclic) bond motifs is 1. The van der Waals surface area contributed by atoms with Crippen LogP contribution in [0.15, 0.2) is 36.4 Å². The summed E-state index contributed by atoms with van der Waals surface area (Å²) in [6.07, 6.45) is 0. The zero-order valence-corrected chi connectivity index (χ0v) is 14.3. The van der Waals surface area contributed by atoms with Crippen LogP contribution < -0.4 is 15.0 Å². The van der Waals surface area contributed by atoms with Gasteiger partial charge in [0, 0.05) is 11.6 Å². The van der Waals surface area contributed by atoms with Crippen molar-refractivity contribution in [1.82, 2.24) is 5.32 Å². The van der Waals surface area contributed by atoms with E-state index in [1.807, 2.05) is 0 Å². The lowest BCUT2D eigenvalue weighted by atomic mass is 10.1. The molecule has 2 aromatic rings. The van der Waals surface area contributed by atoms with E-state index >= 15 is 0 Å². The molecule has 1 N–H and O–H groups in total. The summed E-state index contributed by atoms with van der Waals surface area (Å²) in [4.78, 5) is 25.7. The number of benzene rings is 2. The highest BCUT2D eigenvalue weighted by Gasteiger charge is 2.27. The van der Waals surface area contributed by atoms with Crippen LogP contribution in [0.4, 0.5) is 10.1 Å². The van der Waals surface area contributed by atoms with Gasteiger partial charge in [-0.15, -0.1) is 0 Å². The van der Waals surface area contributed by atoms with Crippen molar-refractivity contribution in [3.05, 3.63) is 58.4 Å². The van der Waals surface area contributed by atoms with Crippen molar-refractivity contribution in [2.24, 2.45) is 0 Å². The van der Waals surface area contributed by atoms with Crippen LogP contribution in [0.5, 0.6) is 5.75 Å². The average molecular weight is 363 g/mol. The van der Waals surface area contributed by atoms with Gasteiger partial charge in [-0.25, -0.2) is 4.39 Å². The largest absolute Gasteiger partial charge is 0.482 e. The van der Waals surface area contributed by atoms with Gasteiger partial charge in [-0.05, 0) is 42.3 Å². The molecular weight excluding hydrogens is 347 g/mol. The van der Waals surface area contributed by atoms with Crippen LogP contribution in [0.1, 0.15) is 11.1 Å². The first-order chi connectivity index (χ1) is 11.9. The van der Waals surface area contributed by atoms with E-state index in [2.05, 4.69) is 5.32 Å². The van der Waals surface area contributed by atoms with Crippen molar-refractivity contribution < 1.29 is 18.7 Å². The number of aryl methyl sites for hydroxylation is 1. The number of nitrogens with one attached hydrogen (secondary N) is 1. The third-order valence-electron chi connectivity index (χ3n) is 3.88. The molecule has 3 rings (SSSR count). The molecule has 1 aliphatic heterocycles. The molecule has 0 saturated heterocycles. The fraction of sp³-hybridized carbons (Fsp3) is 0.222. The van der Waals surface area contributed by atoms with Crippen molar-refractivity contribution >= 4 is 29.1 Å². The smallest absolute Gasteiger partial charge is 0.265 e. The Hall–Kier alpha value is -2.60.